The predicted molar refractivity (Wildman–Crippen MR) is 85.3 cm³/mol. The zero-order valence-electron chi connectivity index (χ0n) is 13.0. The van der Waals surface area contributed by atoms with Gasteiger partial charge in [-0.2, -0.15) is 0 Å². The fourth-order valence-corrected chi connectivity index (χ4v) is 1.94. The molecule has 2 amide bonds. The standard InChI is InChI=1S/C17H18N2O4/c1-12-7-3-4-8-13(12)17(21)19-18-16(20)11-23-15-10-6-5-9-14(15)22-2/h3-10H,11H2,1-2H3,(H,18,20)(H,19,21). The number of methoxy groups -OCH3 is 1. The van der Waals surface area contributed by atoms with Crippen LogP contribution in [0.1, 0.15) is 15.9 Å². The number of hydrazine groups is 1. The highest BCUT2D eigenvalue weighted by atomic mass is 16.5. The summed E-state index contributed by atoms with van der Waals surface area (Å²) in [5.74, 6) is 0.131. The van der Waals surface area contributed by atoms with E-state index in [2.05, 4.69) is 10.9 Å². The number of carbonyl (C=O) groups excluding carboxylic acids is 2. The van der Waals surface area contributed by atoms with Crippen molar-refractivity contribution in [1.29, 1.82) is 0 Å². The molecule has 0 bridgehead atoms. The monoisotopic (exact) mass is 314 g/mol. The summed E-state index contributed by atoms with van der Waals surface area (Å²) < 4.78 is 10.5. The minimum absolute atomic E-state index is 0.242. The third-order valence-corrected chi connectivity index (χ3v) is 3.13. The van der Waals surface area contributed by atoms with Crippen LogP contribution in [0.4, 0.5) is 0 Å². The molecule has 2 aromatic rings. The number of amides is 2. The Morgan fingerprint density at radius 3 is 2.30 bits per heavy atom. The quantitative estimate of drug-likeness (QED) is 0.826. The van der Waals surface area contributed by atoms with Gasteiger partial charge < -0.3 is 9.47 Å². The topological polar surface area (TPSA) is 76.7 Å². The van der Waals surface area contributed by atoms with E-state index in [1.54, 1.807) is 36.4 Å². The molecule has 0 aliphatic rings. The van der Waals surface area contributed by atoms with Gasteiger partial charge in [0.1, 0.15) is 0 Å². The number of rotatable bonds is 5. The zero-order chi connectivity index (χ0) is 16.7. The molecule has 2 aromatic carbocycles. The number of nitrogens with one attached hydrogen (secondary N) is 2. The van der Waals surface area contributed by atoms with Gasteiger partial charge >= 0.3 is 0 Å². The van der Waals surface area contributed by atoms with E-state index in [0.717, 1.165) is 5.56 Å². The minimum atomic E-state index is -0.474. The van der Waals surface area contributed by atoms with Crippen LogP contribution >= 0.6 is 0 Å². The second-order valence-corrected chi connectivity index (χ2v) is 4.76. The Bertz CT molecular complexity index is 700. The lowest BCUT2D eigenvalue weighted by atomic mass is 10.1. The van der Waals surface area contributed by atoms with E-state index in [1.807, 2.05) is 19.1 Å². The SMILES string of the molecule is COc1ccccc1OCC(=O)NNC(=O)c1ccccc1C. The number of para-hydroxylation sites is 2. The number of aryl methyl sites for hydroxylation is 1. The average molecular weight is 314 g/mol. The summed E-state index contributed by atoms with van der Waals surface area (Å²) in [5, 5.41) is 0. The highest BCUT2D eigenvalue weighted by molar-refractivity contribution is 5.96. The lowest BCUT2D eigenvalue weighted by Gasteiger charge is -2.11. The maximum absolute atomic E-state index is 12.0. The average Bonchev–Trinajstić information content (AvgIpc) is 2.58. The molecule has 2 rings (SSSR count). The predicted octanol–water partition coefficient (Wildman–Crippen LogP) is 1.84. The van der Waals surface area contributed by atoms with Crippen LogP contribution in [0.3, 0.4) is 0 Å². The van der Waals surface area contributed by atoms with Gasteiger partial charge in [-0.25, -0.2) is 0 Å². The molecule has 0 spiro atoms. The van der Waals surface area contributed by atoms with Crippen LogP contribution in [-0.2, 0) is 4.79 Å². The molecule has 6 heteroatoms. The molecule has 0 unspecified atom stereocenters. The maximum atomic E-state index is 12.0. The summed E-state index contributed by atoms with van der Waals surface area (Å²) in [7, 11) is 1.52. The van der Waals surface area contributed by atoms with E-state index < -0.39 is 5.91 Å². The maximum Gasteiger partial charge on any atom is 0.276 e. The van der Waals surface area contributed by atoms with Gasteiger partial charge in [-0.15, -0.1) is 0 Å². The van der Waals surface area contributed by atoms with Crippen LogP contribution in [0.15, 0.2) is 48.5 Å². The van der Waals surface area contributed by atoms with E-state index in [9.17, 15) is 9.59 Å². The molecule has 0 fully saturated rings. The molecular formula is C17H18N2O4. The van der Waals surface area contributed by atoms with E-state index in [0.29, 0.717) is 17.1 Å². The number of hydrogen-bond donors (Lipinski definition) is 2. The second kappa shape index (κ2) is 7.84. The molecule has 120 valence electrons. The Morgan fingerprint density at radius 1 is 0.957 bits per heavy atom. The van der Waals surface area contributed by atoms with Gasteiger partial charge in [0.2, 0.25) is 0 Å². The van der Waals surface area contributed by atoms with Crippen LogP contribution in [0.2, 0.25) is 0 Å². The summed E-state index contributed by atoms with van der Waals surface area (Å²) in [6.07, 6.45) is 0. The van der Waals surface area contributed by atoms with Crippen LogP contribution in [0, 0.1) is 6.92 Å². The summed E-state index contributed by atoms with van der Waals surface area (Å²) in [5.41, 5.74) is 5.99. The summed E-state index contributed by atoms with van der Waals surface area (Å²) in [6, 6.07) is 14.1. The first-order valence-electron chi connectivity index (χ1n) is 7.02. The zero-order valence-corrected chi connectivity index (χ0v) is 13.0. The number of carbonyl (C=O) groups is 2. The molecule has 0 aliphatic carbocycles. The molecular weight excluding hydrogens is 296 g/mol. The van der Waals surface area contributed by atoms with Gasteiger partial charge in [0.05, 0.1) is 7.11 Å². The van der Waals surface area contributed by atoms with Gasteiger partial charge in [-0.3, -0.25) is 20.4 Å². The summed E-state index contributed by atoms with van der Waals surface area (Å²) in [4.78, 5) is 23.7. The van der Waals surface area contributed by atoms with Gasteiger partial charge in [-0.05, 0) is 30.7 Å². The number of hydrogen-bond acceptors (Lipinski definition) is 4. The van der Waals surface area contributed by atoms with Crippen molar-refractivity contribution in [1.82, 2.24) is 10.9 Å². The Balaban J connectivity index is 1.84. The van der Waals surface area contributed by atoms with E-state index in [4.69, 9.17) is 9.47 Å². The van der Waals surface area contributed by atoms with Crippen molar-refractivity contribution in [2.75, 3.05) is 13.7 Å². The van der Waals surface area contributed by atoms with E-state index in [1.165, 1.54) is 7.11 Å². The van der Waals surface area contributed by atoms with Crippen molar-refractivity contribution in [3.05, 3.63) is 59.7 Å². The Hall–Kier alpha value is -3.02. The first-order valence-corrected chi connectivity index (χ1v) is 7.02. The summed E-state index contributed by atoms with van der Waals surface area (Å²) in [6.45, 7) is 1.58. The highest BCUT2D eigenvalue weighted by Gasteiger charge is 2.10. The Labute approximate surface area is 134 Å². The third kappa shape index (κ3) is 4.47. The minimum Gasteiger partial charge on any atom is -0.493 e. The van der Waals surface area contributed by atoms with Crippen LogP contribution in [0.5, 0.6) is 11.5 Å². The van der Waals surface area contributed by atoms with Gasteiger partial charge in [0.15, 0.2) is 18.1 Å². The van der Waals surface area contributed by atoms with Crippen molar-refractivity contribution in [2.24, 2.45) is 0 Å². The Morgan fingerprint density at radius 2 is 1.61 bits per heavy atom. The first-order chi connectivity index (χ1) is 11.1. The van der Waals surface area contributed by atoms with Crippen molar-refractivity contribution in [3.8, 4) is 11.5 Å². The molecule has 2 N–H and O–H groups in total. The number of benzene rings is 2. The molecule has 23 heavy (non-hydrogen) atoms. The molecule has 0 heterocycles. The van der Waals surface area contributed by atoms with Crippen molar-refractivity contribution in [3.63, 3.8) is 0 Å². The molecule has 0 aliphatic heterocycles. The fourth-order valence-electron chi connectivity index (χ4n) is 1.94. The van der Waals surface area contributed by atoms with Crippen LogP contribution in [0.25, 0.3) is 0 Å². The fraction of sp³-hybridized carbons (Fsp3) is 0.176. The van der Waals surface area contributed by atoms with E-state index in [-0.39, 0.29) is 12.5 Å². The smallest absolute Gasteiger partial charge is 0.276 e. The van der Waals surface area contributed by atoms with Crippen LogP contribution < -0.4 is 20.3 Å². The normalized spacial score (nSPS) is 9.83. The molecule has 0 atom stereocenters. The largest absolute Gasteiger partial charge is 0.493 e. The third-order valence-electron chi connectivity index (χ3n) is 3.13. The lowest BCUT2D eigenvalue weighted by molar-refractivity contribution is -0.123. The molecule has 0 saturated carbocycles. The van der Waals surface area contributed by atoms with Crippen molar-refractivity contribution in [2.45, 2.75) is 6.92 Å². The van der Waals surface area contributed by atoms with Crippen LogP contribution in [-0.4, -0.2) is 25.5 Å². The molecule has 6 nitrogen and oxygen atoms in total. The van der Waals surface area contributed by atoms with Gasteiger partial charge in [0, 0.05) is 5.56 Å². The molecule has 0 aromatic heterocycles. The number of ether oxygens (including phenoxy) is 2. The second-order valence-electron chi connectivity index (χ2n) is 4.76. The Kier molecular flexibility index (Phi) is 5.57. The molecule has 0 radical (unpaired) electrons. The van der Waals surface area contributed by atoms with Crippen molar-refractivity contribution >= 4 is 11.8 Å². The highest BCUT2D eigenvalue weighted by Crippen LogP contribution is 2.25. The summed E-state index contributed by atoms with van der Waals surface area (Å²) >= 11 is 0. The lowest BCUT2D eigenvalue weighted by Crippen LogP contribution is -2.44. The van der Waals surface area contributed by atoms with Gasteiger partial charge in [-0.1, -0.05) is 30.3 Å². The van der Waals surface area contributed by atoms with Crippen molar-refractivity contribution < 1.29 is 19.1 Å². The molecule has 0 saturated heterocycles. The first kappa shape index (κ1) is 16.4. The van der Waals surface area contributed by atoms with E-state index >= 15 is 0 Å². The van der Waals surface area contributed by atoms with Gasteiger partial charge in [0.25, 0.3) is 11.8 Å².